The predicted octanol–water partition coefficient (Wildman–Crippen LogP) is 3.17. The number of aliphatic imine (C=N–C) groups is 1. The van der Waals surface area contributed by atoms with Gasteiger partial charge < -0.3 is 25.8 Å². The lowest BCUT2D eigenvalue weighted by atomic mass is 10.1. The van der Waals surface area contributed by atoms with Crippen LogP contribution in [0.15, 0.2) is 47.5 Å². The van der Waals surface area contributed by atoms with E-state index in [2.05, 4.69) is 40.7 Å². The molecule has 1 fully saturated rings. The highest BCUT2D eigenvalue weighted by Crippen LogP contribution is 2.30. The van der Waals surface area contributed by atoms with E-state index in [-0.39, 0.29) is 30.6 Å². The summed E-state index contributed by atoms with van der Waals surface area (Å²) in [6.07, 6.45) is 3.38. The molecule has 0 aliphatic heterocycles. The Kier molecular flexibility index (Phi) is 10.6. The maximum Gasteiger partial charge on any atom is 0.255 e. The Balaban J connectivity index is 0.00000363. The highest BCUT2D eigenvalue weighted by atomic mass is 127. The normalized spacial score (nSPS) is 13.1. The maximum atomic E-state index is 10.8. The molecule has 2 aromatic carbocycles. The smallest absolute Gasteiger partial charge is 0.255 e. The van der Waals surface area contributed by atoms with Crippen LogP contribution in [0.5, 0.6) is 11.5 Å². The molecule has 1 saturated carbocycles. The van der Waals surface area contributed by atoms with Crippen molar-refractivity contribution in [2.24, 2.45) is 16.6 Å². The molecule has 1 amide bonds. The monoisotopic (exact) mass is 552 g/mol. The first-order valence-electron chi connectivity index (χ1n) is 10.7. The molecule has 1 aliphatic rings. The number of aryl methyl sites for hydroxylation is 1. The summed E-state index contributed by atoms with van der Waals surface area (Å²) in [6.45, 7) is 4.15. The van der Waals surface area contributed by atoms with Gasteiger partial charge in [0.1, 0.15) is 11.5 Å². The predicted molar refractivity (Wildman–Crippen MR) is 138 cm³/mol. The summed E-state index contributed by atoms with van der Waals surface area (Å²) in [4.78, 5) is 15.1. The molecule has 0 aromatic heterocycles. The molecule has 0 heterocycles. The van der Waals surface area contributed by atoms with Crippen LogP contribution < -0.4 is 25.8 Å². The quantitative estimate of drug-likeness (QED) is 0.226. The zero-order valence-corrected chi connectivity index (χ0v) is 21.1. The van der Waals surface area contributed by atoms with Gasteiger partial charge in [0.2, 0.25) is 0 Å². The van der Waals surface area contributed by atoms with Gasteiger partial charge in [0.05, 0.1) is 6.61 Å². The molecule has 1 aliphatic carbocycles. The lowest BCUT2D eigenvalue weighted by Crippen LogP contribution is -2.37. The van der Waals surface area contributed by atoms with Crippen LogP contribution >= 0.6 is 24.0 Å². The molecule has 3 rings (SSSR count). The second-order valence-corrected chi connectivity index (χ2v) is 7.87. The van der Waals surface area contributed by atoms with Crippen LogP contribution in [0.3, 0.4) is 0 Å². The SMILES string of the molecule is CN=C(NCCc1ccc(OCC(N)=O)cc1)NCc1ccc(C)cc1OCC1CC1.I. The first-order valence-corrected chi connectivity index (χ1v) is 10.7. The van der Waals surface area contributed by atoms with E-state index in [4.69, 9.17) is 15.2 Å². The largest absolute Gasteiger partial charge is 0.493 e. The number of carbonyl (C=O) groups excluding carboxylic acids is 1. The zero-order chi connectivity index (χ0) is 22.1. The van der Waals surface area contributed by atoms with Gasteiger partial charge in [0, 0.05) is 25.7 Å². The summed E-state index contributed by atoms with van der Waals surface area (Å²) < 4.78 is 11.3. The van der Waals surface area contributed by atoms with Crippen LogP contribution in [0, 0.1) is 12.8 Å². The number of benzene rings is 2. The maximum absolute atomic E-state index is 10.8. The molecule has 0 radical (unpaired) electrons. The van der Waals surface area contributed by atoms with Gasteiger partial charge in [-0.15, -0.1) is 24.0 Å². The van der Waals surface area contributed by atoms with E-state index in [0.29, 0.717) is 12.3 Å². The van der Waals surface area contributed by atoms with Crippen molar-refractivity contribution in [1.29, 1.82) is 0 Å². The zero-order valence-electron chi connectivity index (χ0n) is 18.7. The van der Waals surface area contributed by atoms with Crippen molar-refractivity contribution >= 4 is 35.8 Å². The molecule has 32 heavy (non-hydrogen) atoms. The highest BCUT2D eigenvalue weighted by Gasteiger charge is 2.22. The second-order valence-electron chi connectivity index (χ2n) is 7.87. The second kappa shape index (κ2) is 13.1. The number of guanidine groups is 1. The average Bonchev–Trinajstić information content (AvgIpc) is 3.59. The van der Waals surface area contributed by atoms with E-state index < -0.39 is 5.91 Å². The molecule has 0 spiro atoms. The number of carbonyl (C=O) groups is 1. The number of nitrogens with two attached hydrogens (primary N) is 1. The number of amides is 1. The van der Waals surface area contributed by atoms with Gasteiger partial charge in [0.25, 0.3) is 5.91 Å². The van der Waals surface area contributed by atoms with Crippen LogP contribution in [0.1, 0.15) is 29.5 Å². The Bertz CT molecular complexity index is 899. The molecule has 0 unspecified atom stereocenters. The molecule has 2 aromatic rings. The third kappa shape index (κ3) is 8.94. The van der Waals surface area contributed by atoms with Gasteiger partial charge in [-0.05, 0) is 61.4 Å². The third-order valence-corrected chi connectivity index (χ3v) is 5.07. The van der Waals surface area contributed by atoms with Crippen molar-refractivity contribution in [3.8, 4) is 11.5 Å². The Morgan fingerprint density at radius 3 is 2.53 bits per heavy atom. The standard InChI is InChI=1S/C24H32N4O3.HI/c1-17-3-8-20(22(13-17)31-15-19-4-5-19)14-28-24(26-2)27-12-11-18-6-9-21(10-7-18)30-16-23(25)29;/h3,6-10,13,19H,4-5,11-12,14-16H2,1-2H3,(H2,25,29)(H2,26,27,28);1H. The molecule has 0 bridgehead atoms. The lowest BCUT2D eigenvalue weighted by molar-refractivity contribution is -0.119. The van der Waals surface area contributed by atoms with E-state index in [9.17, 15) is 4.79 Å². The molecule has 174 valence electrons. The minimum absolute atomic E-state index is 0. The third-order valence-electron chi connectivity index (χ3n) is 5.07. The van der Waals surface area contributed by atoms with Crippen molar-refractivity contribution in [1.82, 2.24) is 10.6 Å². The number of rotatable bonds is 11. The minimum atomic E-state index is -0.487. The molecular weight excluding hydrogens is 519 g/mol. The van der Waals surface area contributed by atoms with E-state index in [1.165, 1.54) is 18.4 Å². The first-order chi connectivity index (χ1) is 15.0. The topological polar surface area (TPSA) is 98.0 Å². The fourth-order valence-electron chi connectivity index (χ4n) is 3.07. The van der Waals surface area contributed by atoms with E-state index >= 15 is 0 Å². The van der Waals surface area contributed by atoms with Crippen LogP contribution in [0.2, 0.25) is 0 Å². The summed E-state index contributed by atoms with van der Waals surface area (Å²) in [6, 6.07) is 14.0. The lowest BCUT2D eigenvalue weighted by Gasteiger charge is -2.15. The molecule has 8 heteroatoms. The van der Waals surface area contributed by atoms with Crippen molar-refractivity contribution in [3.63, 3.8) is 0 Å². The van der Waals surface area contributed by atoms with Gasteiger partial charge in [-0.25, -0.2) is 0 Å². The van der Waals surface area contributed by atoms with Crippen LogP contribution in [-0.4, -0.2) is 38.7 Å². The summed E-state index contributed by atoms with van der Waals surface area (Å²) in [5.74, 6) is 2.56. The van der Waals surface area contributed by atoms with Gasteiger partial charge in [0.15, 0.2) is 12.6 Å². The summed E-state index contributed by atoms with van der Waals surface area (Å²) in [5, 5.41) is 6.71. The van der Waals surface area contributed by atoms with Gasteiger partial charge in [-0.3, -0.25) is 9.79 Å². The van der Waals surface area contributed by atoms with Crippen LogP contribution in [0.25, 0.3) is 0 Å². The number of primary amides is 1. The van der Waals surface area contributed by atoms with Crippen molar-refractivity contribution < 1.29 is 14.3 Å². The minimum Gasteiger partial charge on any atom is -0.493 e. The molecule has 4 N–H and O–H groups in total. The van der Waals surface area contributed by atoms with E-state index in [1.807, 2.05) is 24.3 Å². The summed E-state index contributed by atoms with van der Waals surface area (Å²) in [5.41, 5.74) is 8.57. The van der Waals surface area contributed by atoms with Crippen LogP contribution in [0.4, 0.5) is 0 Å². The number of ether oxygens (including phenoxy) is 2. The Labute approximate surface area is 207 Å². The number of hydrogen-bond acceptors (Lipinski definition) is 4. The summed E-state index contributed by atoms with van der Waals surface area (Å²) in [7, 11) is 1.76. The fraction of sp³-hybridized carbons (Fsp3) is 0.417. The van der Waals surface area contributed by atoms with Gasteiger partial charge >= 0.3 is 0 Å². The summed E-state index contributed by atoms with van der Waals surface area (Å²) >= 11 is 0. The number of hydrogen-bond donors (Lipinski definition) is 3. The van der Waals surface area contributed by atoms with E-state index in [1.54, 1.807) is 7.05 Å². The first kappa shape index (κ1) is 25.8. The average molecular weight is 552 g/mol. The van der Waals surface area contributed by atoms with Crippen molar-refractivity contribution in [3.05, 3.63) is 59.2 Å². The number of nitrogens with zero attached hydrogens (tertiary/aromatic N) is 1. The Morgan fingerprint density at radius 2 is 1.88 bits per heavy atom. The molecule has 0 atom stereocenters. The number of halogens is 1. The molecule has 7 nitrogen and oxygen atoms in total. The fourth-order valence-corrected chi connectivity index (χ4v) is 3.07. The molecular formula is C24H33IN4O3. The Hall–Kier alpha value is -2.49. The van der Waals surface area contributed by atoms with Crippen LogP contribution in [-0.2, 0) is 17.8 Å². The van der Waals surface area contributed by atoms with Crippen molar-refractivity contribution in [2.45, 2.75) is 32.7 Å². The highest BCUT2D eigenvalue weighted by molar-refractivity contribution is 14.0. The van der Waals surface area contributed by atoms with E-state index in [0.717, 1.165) is 48.3 Å². The number of nitrogens with one attached hydrogen (secondary N) is 2. The molecule has 0 saturated heterocycles. The van der Waals surface area contributed by atoms with Gasteiger partial charge in [-0.2, -0.15) is 0 Å². The van der Waals surface area contributed by atoms with Gasteiger partial charge in [-0.1, -0.05) is 24.3 Å². The Morgan fingerprint density at radius 1 is 1.12 bits per heavy atom. The van der Waals surface area contributed by atoms with Crippen molar-refractivity contribution in [2.75, 3.05) is 26.8 Å².